The molecule has 0 saturated carbocycles. The van der Waals surface area contributed by atoms with Gasteiger partial charge in [0.15, 0.2) is 6.29 Å². The molecule has 1 aromatic heterocycles. The second-order valence-corrected chi connectivity index (χ2v) is 34.3. The van der Waals surface area contributed by atoms with Crippen LogP contribution in [0.3, 0.4) is 0 Å². The SMILES string of the molecule is CC1(C)Cc2ccccc2C(C(C=O)=CO)=N1.COc1cc(C)cc2ncc(C3=NC(C)(C)Cc4ccccc43)cc12.COc1cc(N)cc(OC)c1.Cc1ccc(S(=O)(=O)O)cc1.I[I-]I. The molecule has 0 aliphatic carbocycles. The van der Waals surface area contributed by atoms with Crippen molar-refractivity contribution >= 4 is 81.6 Å². The third-order valence-electron chi connectivity index (χ3n) is 10.3. The molecule has 0 spiro atoms. The number of aldehydes is 1. The summed E-state index contributed by atoms with van der Waals surface area (Å²) in [7, 11) is 0.869. The van der Waals surface area contributed by atoms with Crippen LogP contribution in [0.25, 0.3) is 10.9 Å². The number of hydrogen-bond donors (Lipinski definition) is 3. The number of nitrogen functional groups attached to an aromatic ring is 1. The molecule has 67 heavy (non-hydrogen) atoms. The number of anilines is 1. The number of aliphatic hydroxyl groups excluding tert-OH is 1. The van der Waals surface area contributed by atoms with E-state index >= 15 is 0 Å². The van der Waals surface area contributed by atoms with Gasteiger partial charge in [0.25, 0.3) is 10.1 Å². The van der Waals surface area contributed by atoms with Crippen LogP contribution in [-0.2, 0) is 27.8 Å². The number of methoxy groups -OCH3 is 3. The second kappa shape index (κ2) is 25.1. The Morgan fingerprint density at radius 1 is 0.746 bits per heavy atom. The standard InChI is InChI=1S/C22H22N2O.C14H15NO2.C8H11NO2.C7H8O3S.I3/c1-14-9-19-18(20(10-14)25-4)11-16(13-23-19)21-17-8-6-5-7-15(17)12-22(2,3)24-21;1-14(2)7-10-5-3-4-6-12(10)13(15-14)11(8-16)9-17;1-10-7-3-6(9)4-8(5-7)11-2;1-6-2-4-7(5-3-6)11(8,9)10;1-3-2/h5-11,13H,12H2,1-4H3;3-6,8-9,16H,7H2,1-2H3;3-5H,9H2,1-2H3;2-5H,1H3,(H,8,9,10);/q;;;;-1. The van der Waals surface area contributed by atoms with Crippen LogP contribution in [-0.4, -0.2) is 73.2 Å². The maximum absolute atomic E-state index is 10.9. The number of pyridine rings is 1. The van der Waals surface area contributed by atoms with Crippen molar-refractivity contribution in [3.8, 4) is 17.2 Å². The van der Waals surface area contributed by atoms with Gasteiger partial charge in [0.2, 0.25) is 0 Å². The Morgan fingerprint density at radius 3 is 1.81 bits per heavy atom. The molecule has 356 valence electrons. The molecule has 2 aliphatic heterocycles. The molecule has 3 heterocycles. The van der Waals surface area contributed by atoms with Gasteiger partial charge in [-0.2, -0.15) is 8.42 Å². The zero-order valence-electron chi connectivity index (χ0n) is 38.8. The van der Waals surface area contributed by atoms with E-state index in [1.807, 2.05) is 57.3 Å². The van der Waals surface area contributed by atoms with Crippen LogP contribution < -0.4 is 33.2 Å². The van der Waals surface area contributed by atoms with E-state index in [0.717, 1.165) is 69.3 Å². The van der Waals surface area contributed by atoms with Crippen molar-refractivity contribution in [2.45, 2.75) is 70.4 Å². The zero-order valence-corrected chi connectivity index (χ0v) is 46.1. The first-order valence-electron chi connectivity index (χ1n) is 20.7. The Kier molecular flexibility index (Phi) is 20.6. The van der Waals surface area contributed by atoms with Crippen molar-refractivity contribution in [3.05, 3.63) is 166 Å². The normalized spacial score (nSPS) is 14.2. The minimum atomic E-state index is -4.02. The van der Waals surface area contributed by atoms with Gasteiger partial charge in [-0.15, -0.1) is 0 Å². The predicted molar refractivity (Wildman–Crippen MR) is 283 cm³/mol. The van der Waals surface area contributed by atoms with E-state index in [1.54, 1.807) is 51.7 Å². The van der Waals surface area contributed by atoms with Gasteiger partial charge in [0.05, 0.1) is 66.1 Å². The quantitative estimate of drug-likeness (QED) is 0.0350. The molecule has 0 fully saturated rings. The number of nitrogens with two attached hydrogens (primary N) is 1. The summed E-state index contributed by atoms with van der Waals surface area (Å²) in [6, 6.07) is 33.9. The first-order valence-corrected chi connectivity index (χ1v) is 34.7. The summed E-state index contributed by atoms with van der Waals surface area (Å²) in [6.07, 6.45) is 5.18. The fourth-order valence-corrected chi connectivity index (χ4v) is 7.78. The van der Waals surface area contributed by atoms with Crippen molar-refractivity contribution in [3.63, 3.8) is 0 Å². The second-order valence-electron chi connectivity index (χ2n) is 16.7. The number of allylic oxidation sites excluding steroid dienone is 1. The van der Waals surface area contributed by atoms with E-state index < -0.39 is 10.1 Å². The fourth-order valence-electron chi connectivity index (χ4n) is 7.30. The van der Waals surface area contributed by atoms with Crippen molar-refractivity contribution in [1.29, 1.82) is 0 Å². The molecule has 6 aromatic rings. The Hall–Kier alpha value is -4.64. The van der Waals surface area contributed by atoms with Crippen LogP contribution in [0.5, 0.6) is 17.2 Å². The molecule has 12 nitrogen and oxygen atoms in total. The van der Waals surface area contributed by atoms with Crippen molar-refractivity contribution < 1.29 is 50.3 Å². The summed E-state index contributed by atoms with van der Waals surface area (Å²) in [5.74, 6) is 2.28. The molecular formula is C51H56I3N4O8S-. The van der Waals surface area contributed by atoms with Crippen LogP contribution in [0.1, 0.15) is 66.6 Å². The van der Waals surface area contributed by atoms with Gasteiger partial charge in [-0.3, -0.25) is 24.3 Å². The third kappa shape index (κ3) is 16.0. The molecule has 0 amide bonds. The summed E-state index contributed by atoms with van der Waals surface area (Å²) in [4.78, 5) is 25.2. The summed E-state index contributed by atoms with van der Waals surface area (Å²) >= 11 is 5.30. The number of aromatic nitrogens is 1. The van der Waals surface area contributed by atoms with Crippen molar-refractivity contribution in [1.82, 2.24) is 4.98 Å². The predicted octanol–water partition coefficient (Wildman–Crippen LogP) is 8.48. The molecular weight excluding hydrogens is 1210 g/mol. The number of aliphatic imine (C=N–C) groups is 2. The molecule has 8 rings (SSSR count). The number of carbonyl (C=O) groups excluding carboxylic acids is 1. The summed E-state index contributed by atoms with van der Waals surface area (Å²) in [6.45, 7) is 12.3. The molecule has 0 saturated heterocycles. The summed E-state index contributed by atoms with van der Waals surface area (Å²) < 4.78 is 45.1. The fraction of sp³-hybridized carbons (Fsp3) is 0.255. The van der Waals surface area contributed by atoms with Gasteiger partial charge >= 0.3 is 50.5 Å². The van der Waals surface area contributed by atoms with Crippen LogP contribution in [0, 0.1) is 13.8 Å². The van der Waals surface area contributed by atoms with Gasteiger partial charge in [-0.1, -0.05) is 66.2 Å². The number of aryl methyl sites for hydroxylation is 2. The minimum absolute atomic E-state index is 0.0666. The Labute approximate surface area is 423 Å². The van der Waals surface area contributed by atoms with Crippen LogP contribution >= 0.6 is 37.2 Å². The number of halogens is 3. The number of aliphatic hydroxyl groups is 1. The van der Waals surface area contributed by atoms with E-state index in [0.29, 0.717) is 42.4 Å². The van der Waals surface area contributed by atoms with Crippen molar-refractivity contribution in [2.24, 2.45) is 9.98 Å². The van der Waals surface area contributed by atoms with E-state index in [1.165, 1.54) is 23.3 Å². The molecule has 16 heteroatoms. The van der Waals surface area contributed by atoms with Gasteiger partial charge in [-0.25, -0.2) is 0 Å². The van der Waals surface area contributed by atoms with Crippen LogP contribution in [0.15, 0.2) is 142 Å². The van der Waals surface area contributed by atoms with Gasteiger partial charge in [0, 0.05) is 52.2 Å². The number of hydrogen-bond acceptors (Lipinski definition) is 11. The van der Waals surface area contributed by atoms with E-state index in [4.69, 9.17) is 34.6 Å². The van der Waals surface area contributed by atoms with Crippen LogP contribution in [0.2, 0.25) is 0 Å². The number of ether oxygens (including phenoxy) is 3. The molecule has 2 aliphatic rings. The van der Waals surface area contributed by atoms with Gasteiger partial charge in [0.1, 0.15) is 17.2 Å². The molecule has 0 bridgehead atoms. The average molecular weight is 1270 g/mol. The summed E-state index contributed by atoms with van der Waals surface area (Å²) in [5, 5.41) is 10.1. The van der Waals surface area contributed by atoms with Crippen LogP contribution in [0.4, 0.5) is 5.69 Å². The van der Waals surface area contributed by atoms with E-state index in [2.05, 4.69) is 104 Å². The molecule has 4 N–H and O–H groups in total. The number of carbonyl (C=O) groups is 1. The Bertz CT molecular complexity index is 2840. The van der Waals surface area contributed by atoms with E-state index in [9.17, 15) is 13.2 Å². The summed E-state index contributed by atoms with van der Waals surface area (Å²) in [5.41, 5.74) is 16.4. The monoisotopic (exact) mass is 1270 g/mol. The Morgan fingerprint density at radius 2 is 1.28 bits per heavy atom. The first kappa shape index (κ1) is 55.0. The number of nitrogens with zero attached hydrogens (tertiary/aromatic N) is 3. The third-order valence-corrected chi connectivity index (χ3v) is 11.1. The topological polar surface area (TPSA) is 183 Å². The van der Waals surface area contributed by atoms with Gasteiger partial charge in [-0.05, 0) is 101 Å². The van der Waals surface area contributed by atoms with E-state index in [-0.39, 0.29) is 21.5 Å². The maximum atomic E-state index is 10.9. The molecule has 0 radical (unpaired) electrons. The van der Waals surface area contributed by atoms with Crippen molar-refractivity contribution in [2.75, 3.05) is 27.1 Å². The average Bonchev–Trinajstić information content (AvgIpc) is 3.28. The molecule has 0 unspecified atom stereocenters. The molecule has 5 aromatic carbocycles. The number of rotatable bonds is 7. The Balaban J connectivity index is 0.000000203. The number of fused-ring (bicyclic) bond motifs is 3. The van der Waals surface area contributed by atoms with Gasteiger partial charge < -0.3 is 25.1 Å². The molecule has 0 atom stereocenters. The number of benzene rings is 5. The first-order chi connectivity index (χ1) is 31.7. The zero-order chi connectivity index (χ0) is 49.5.